The second-order valence-electron chi connectivity index (χ2n) is 3.62. The molecule has 0 amide bonds. The summed E-state index contributed by atoms with van der Waals surface area (Å²) in [5.74, 6) is 1.88. The maximum Gasteiger partial charge on any atom is 0.0446 e. The maximum atomic E-state index is 6.02. The predicted octanol–water partition coefficient (Wildman–Crippen LogP) is 4.40. The van der Waals surface area contributed by atoms with E-state index in [1.165, 1.54) is 4.90 Å². The fourth-order valence-electron chi connectivity index (χ4n) is 0.926. The summed E-state index contributed by atoms with van der Waals surface area (Å²) < 4.78 is 0. The lowest BCUT2D eigenvalue weighted by Crippen LogP contribution is -1.90. The molecule has 0 fully saturated rings. The van der Waals surface area contributed by atoms with E-state index in [4.69, 9.17) is 11.6 Å². The molecule has 0 aromatic heterocycles. The summed E-state index contributed by atoms with van der Waals surface area (Å²) in [6.07, 6.45) is 0. The number of benzene rings is 1. The van der Waals surface area contributed by atoms with Crippen molar-refractivity contribution < 1.29 is 0 Å². The van der Waals surface area contributed by atoms with Crippen LogP contribution in [0.3, 0.4) is 0 Å². The van der Waals surface area contributed by atoms with Gasteiger partial charge in [0.1, 0.15) is 0 Å². The molecule has 0 spiro atoms. The van der Waals surface area contributed by atoms with Crippen LogP contribution in [-0.4, -0.2) is 5.75 Å². The average Bonchev–Trinajstić information content (AvgIpc) is 2.07. The second kappa shape index (κ2) is 4.92. The van der Waals surface area contributed by atoms with Gasteiger partial charge in [0.05, 0.1) is 0 Å². The normalized spacial score (nSPS) is 10.8. The molecule has 0 atom stereocenters. The molecule has 0 aliphatic rings. The fourth-order valence-corrected chi connectivity index (χ4v) is 2.06. The Morgan fingerprint density at radius 2 is 2.08 bits per heavy atom. The maximum absolute atomic E-state index is 6.02. The Kier molecular flexibility index (Phi) is 4.14. The van der Waals surface area contributed by atoms with Crippen LogP contribution in [0.25, 0.3) is 0 Å². The zero-order valence-corrected chi connectivity index (χ0v) is 9.88. The first kappa shape index (κ1) is 10.9. The van der Waals surface area contributed by atoms with Gasteiger partial charge < -0.3 is 0 Å². The van der Waals surface area contributed by atoms with E-state index in [1.54, 1.807) is 0 Å². The SMILES string of the molecule is Cc1ccc(SCC(C)C)cc1Cl. The Balaban J connectivity index is 2.63. The predicted molar refractivity (Wildman–Crippen MR) is 61.8 cm³/mol. The minimum absolute atomic E-state index is 0.727. The van der Waals surface area contributed by atoms with Crippen LogP contribution in [0, 0.1) is 12.8 Å². The van der Waals surface area contributed by atoms with Gasteiger partial charge in [0, 0.05) is 15.7 Å². The lowest BCUT2D eigenvalue weighted by molar-refractivity contribution is 0.750. The molecule has 0 saturated carbocycles. The minimum atomic E-state index is 0.727. The van der Waals surface area contributed by atoms with Crippen molar-refractivity contribution in [2.24, 2.45) is 5.92 Å². The summed E-state index contributed by atoms with van der Waals surface area (Å²) in [6.45, 7) is 6.48. The molecule has 0 aliphatic heterocycles. The molecule has 1 rings (SSSR count). The van der Waals surface area contributed by atoms with Crippen LogP contribution in [-0.2, 0) is 0 Å². The number of aryl methyl sites for hydroxylation is 1. The van der Waals surface area contributed by atoms with Gasteiger partial charge in [0.2, 0.25) is 0 Å². The monoisotopic (exact) mass is 214 g/mol. The number of thioether (sulfide) groups is 1. The average molecular weight is 215 g/mol. The van der Waals surface area contributed by atoms with E-state index in [-0.39, 0.29) is 0 Å². The highest BCUT2D eigenvalue weighted by Crippen LogP contribution is 2.25. The second-order valence-corrected chi connectivity index (χ2v) is 5.12. The van der Waals surface area contributed by atoms with Crippen molar-refractivity contribution in [3.05, 3.63) is 28.8 Å². The van der Waals surface area contributed by atoms with E-state index >= 15 is 0 Å². The van der Waals surface area contributed by atoms with Gasteiger partial charge in [-0.05, 0) is 30.5 Å². The van der Waals surface area contributed by atoms with Gasteiger partial charge in [0.25, 0.3) is 0 Å². The van der Waals surface area contributed by atoms with Crippen LogP contribution >= 0.6 is 23.4 Å². The molecule has 0 unspecified atom stereocenters. The van der Waals surface area contributed by atoms with Crippen molar-refractivity contribution in [1.29, 1.82) is 0 Å². The van der Waals surface area contributed by atoms with Crippen LogP contribution in [0.15, 0.2) is 23.1 Å². The summed E-state index contributed by atoms with van der Waals surface area (Å²) in [4.78, 5) is 1.27. The Labute approximate surface area is 89.7 Å². The largest absolute Gasteiger partial charge is 0.126 e. The van der Waals surface area contributed by atoms with E-state index in [2.05, 4.69) is 26.0 Å². The molecule has 0 N–H and O–H groups in total. The van der Waals surface area contributed by atoms with E-state index in [1.807, 2.05) is 24.8 Å². The van der Waals surface area contributed by atoms with Crippen LogP contribution in [0.5, 0.6) is 0 Å². The quantitative estimate of drug-likeness (QED) is 0.673. The highest BCUT2D eigenvalue weighted by atomic mass is 35.5. The molecule has 1 aromatic carbocycles. The van der Waals surface area contributed by atoms with Crippen LogP contribution in [0.1, 0.15) is 19.4 Å². The van der Waals surface area contributed by atoms with Gasteiger partial charge in [0.15, 0.2) is 0 Å². The number of rotatable bonds is 3. The van der Waals surface area contributed by atoms with E-state index < -0.39 is 0 Å². The first-order chi connectivity index (χ1) is 6.09. The van der Waals surface area contributed by atoms with Crippen molar-refractivity contribution in [1.82, 2.24) is 0 Å². The Bertz CT molecular complexity index is 281. The smallest absolute Gasteiger partial charge is 0.0446 e. The molecular weight excluding hydrogens is 200 g/mol. The molecular formula is C11H15ClS. The molecule has 13 heavy (non-hydrogen) atoms. The number of halogens is 1. The minimum Gasteiger partial charge on any atom is -0.126 e. The van der Waals surface area contributed by atoms with Gasteiger partial charge in [-0.15, -0.1) is 11.8 Å². The Morgan fingerprint density at radius 1 is 1.38 bits per heavy atom. The highest BCUT2D eigenvalue weighted by Gasteiger charge is 2.00. The number of hydrogen-bond donors (Lipinski definition) is 0. The topological polar surface area (TPSA) is 0 Å². The Hall–Kier alpha value is -0.140. The first-order valence-corrected chi connectivity index (χ1v) is 5.85. The van der Waals surface area contributed by atoms with Gasteiger partial charge in [-0.1, -0.05) is 31.5 Å². The lowest BCUT2D eigenvalue weighted by atomic mass is 10.2. The van der Waals surface area contributed by atoms with Crippen molar-refractivity contribution in [2.75, 3.05) is 5.75 Å². The van der Waals surface area contributed by atoms with Crippen molar-refractivity contribution in [3.8, 4) is 0 Å². The lowest BCUT2D eigenvalue weighted by Gasteiger charge is -2.05. The highest BCUT2D eigenvalue weighted by molar-refractivity contribution is 7.99. The van der Waals surface area contributed by atoms with Crippen molar-refractivity contribution in [3.63, 3.8) is 0 Å². The van der Waals surface area contributed by atoms with Gasteiger partial charge in [-0.3, -0.25) is 0 Å². The van der Waals surface area contributed by atoms with Crippen molar-refractivity contribution >= 4 is 23.4 Å². The Morgan fingerprint density at radius 3 is 2.62 bits per heavy atom. The third-order valence-electron chi connectivity index (χ3n) is 1.73. The molecule has 1 aromatic rings. The molecule has 2 heteroatoms. The zero-order chi connectivity index (χ0) is 9.84. The number of hydrogen-bond acceptors (Lipinski definition) is 1. The molecule has 0 nitrogen and oxygen atoms in total. The van der Waals surface area contributed by atoms with Crippen LogP contribution < -0.4 is 0 Å². The first-order valence-electron chi connectivity index (χ1n) is 4.48. The third-order valence-corrected chi connectivity index (χ3v) is 3.55. The molecule has 0 bridgehead atoms. The van der Waals surface area contributed by atoms with E-state index in [0.29, 0.717) is 0 Å². The van der Waals surface area contributed by atoms with E-state index in [9.17, 15) is 0 Å². The van der Waals surface area contributed by atoms with Gasteiger partial charge in [-0.2, -0.15) is 0 Å². The molecule has 72 valence electrons. The van der Waals surface area contributed by atoms with Crippen molar-refractivity contribution in [2.45, 2.75) is 25.7 Å². The van der Waals surface area contributed by atoms with Crippen LogP contribution in [0.2, 0.25) is 5.02 Å². The molecule has 0 heterocycles. The van der Waals surface area contributed by atoms with Gasteiger partial charge >= 0.3 is 0 Å². The van der Waals surface area contributed by atoms with Gasteiger partial charge in [-0.25, -0.2) is 0 Å². The molecule has 0 saturated heterocycles. The summed E-state index contributed by atoms with van der Waals surface area (Å²) >= 11 is 7.88. The van der Waals surface area contributed by atoms with E-state index in [0.717, 1.165) is 22.3 Å². The zero-order valence-electron chi connectivity index (χ0n) is 8.30. The summed E-state index contributed by atoms with van der Waals surface area (Å²) in [6, 6.07) is 6.25. The summed E-state index contributed by atoms with van der Waals surface area (Å²) in [7, 11) is 0. The summed E-state index contributed by atoms with van der Waals surface area (Å²) in [5, 5.41) is 0.869. The standard InChI is InChI=1S/C11H15ClS/c1-8(2)7-13-10-5-4-9(3)11(12)6-10/h4-6,8H,7H2,1-3H3. The summed E-state index contributed by atoms with van der Waals surface area (Å²) in [5.41, 5.74) is 1.15. The molecule has 0 aliphatic carbocycles. The molecule has 0 radical (unpaired) electrons. The van der Waals surface area contributed by atoms with Crippen LogP contribution in [0.4, 0.5) is 0 Å². The third kappa shape index (κ3) is 3.61. The fraction of sp³-hybridized carbons (Fsp3) is 0.455.